The molecule has 27 heavy (non-hydrogen) atoms. The van der Waals surface area contributed by atoms with Crippen LogP contribution < -0.4 is 10.7 Å². The van der Waals surface area contributed by atoms with Gasteiger partial charge in [0.2, 0.25) is 0 Å². The van der Waals surface area contributed by atoms with E-state index < -0.39 is 0 Å². The average Bonchev–Trinajstić information content (AvgIpc) is 2.65. The topological polar surface area (TPSA) is 65.2 Å². The summed E-state index contributed by atoms with van der Waals surface area (Å²) in [6.45, 7) is 7.51. The molecule has 0 saturated carbocycles. The van der Waals surface area contributed by atoms with Crippen LogP contribution in [0.5, 0.6) is 0 Å². The number of aromatic nitrogens is 1. The highest BCUT2D eigenvalue weighted by Gasteiger charge is 2.14. The van der Waals surface area contributed by atoms with Gasteiger partial charge in [0.15, 0.2) is 5.43 Å². The SMILES string of the molecule is CCN(CC)CCNC(=O)c1cccc2c(=O)c3cc(I)ccc3[nH]c12.Cl. The summed E-state index contributed by atoms with van der Waals surface area (Å²) in [5.74, 6) is -0.164. The van der Waals surface area contributed by atoms with Crippen molar-refractivity contribution in [3.05, 3.63) is 55.8 Å². The summed E-state index contributed by atoms with van der Waals surface area (Å²) >= 11 is 2.19. The zero-order chi connectivity index (χ0) is 18.7. The Bertz CT molecular complexity index is 1020. The number of halogens is 2. The Kier molecular flexibility index (Phi) is 7.64. The molecule has 0 aliphatic heterocycles. The smallest absolute Gasteiger partial charge is 0.253 e. The summed E-state index contributed by atoms with van der Waals surface area (Å²) < 4.78 is 1.00. The lowest BCUT2D eigenvalue weighted by atomic mass is 10.1. The number of hydrogen-bond donors (Lipinski definition) is 2. The Morgan fingerprint density at radius 1 is 1.15 bits per heavy atom. The van der Waals surface area contributed by atoms with Crippen LogP contribution in [0.4, 0.5) is 0 Å². The van der Waals surface area contributed by atoms with Gasteiger partial charge in [0, 0.05) is 32.9 Å². The van der Waals surface area contributed by atoms with Crippen molar-refractivity contribution in [2.24, 2.45) is 0 Å². The fourth-order valence-corrected chi connectivity index (χ4v) is 3.61. The molecule has 2 aromatic carbocycles. The number of H-pyrrole nitrogens is 1. The number of hydrogen-bond acceptors (Lipinski definition) is 3. The molecule has 0 aliphatic rings. The first-order valence-electron chi connectivity index (χ1n) is 8.80. The number of likely N-dealkylation sites (N-methyl/N-ethyl adjacent to an activating group) is 1. The number of rotatable bonds is 6. The van der Waals surface area contributed by atoms with E-state index in [-0.39, 0.29) is 23.7 Å². The van der Waals surface area contributed by atoms with E-state index in [9.17, 15) is 9.59 Å². The van der Waals surface area contributed by atoms with E-state index in [1.54, 1.807) is 18.2 Å². The Hall–Kier alpha value is -1.64. The van der Waals surface area contributed by atoms with E-state index >= 15 is 0 Å². The zero-order valence-electron chi connectivity index (χ0n) is 15.3. The summed E-state index contributed by atoms with van der Waals surface area (Å²) in [4.78, 5) is 31.0. The van der Waals surface area contributed by atoms with Gasteiger partial charge in [0.05, 0.1) is 11.1 Å². The first-order valence-corrected chi connectivity index (χ1v) is 9.87. The molecule has 7 heteroatoms. The second-order valence-electron chi connectivity index (χ2n) is 6.15. The number of nitrogens with one attached hydrogen (secondary N) is 2. The molecule has 2 N–H and O–H groups in total. The largest absolute Gasteiger partial charge is 0.354 e. The molecule has 1 heterocycles. The van der Waals surface area contributed by atoms with E-state index in [1.165, 1.54) is 0 Å². The fraction of sp³-hybridized carbons (Fsp3) is 0.300. The van der Waals surface area contributed by atoms with E-state index in [0.717, 1.165) is 28.7 Å². The highest BCUT2D eigenvalue weighted by Crippen LogP contribution is 2.20. The van der Waals surface area contributed by atoms with Crippen molar-refractivity contribution in [3.8, 4) is 0 Å². The molecule has 3 aromatic rings. The third kappa shape index (κ3) is 4.62. The predicted octanol–water partition coefficient (Wildman–Crippen LogP) is 3.78. The number of pyridine rings is 1. The molecule has 0 fully saturated rings. The number of aromatic amines is 1. The van der Waals surface area contributed by atoms with E-state index in [1.807, 2.05) is 18.2 Å². The normalized spacial score (nSPS) is 11.0. The van der Waals surface area contributed by atoms with Crippen LogP contribution in [0.1, 0.15) is 24.2 Å². The second kappa shape index (κ2) is 9.52. The summed E-state index contributed by atoms with van der Waals surface area (Å²) in [6.07, 6.45) is 0. The minimum absolute atomic E-state index is 0. The van der Waals surface area contributed by atoms with E-state index in [2.05, 4.69) is 51.6 Å². The summed E-state index contributed by atoms with van der Waals surface area (Å²) in [6, 6.07) is 11.0. The Morgan fingerprint density at radius 2 is 1.89 bits per heavy atom. The molecule has 0 atom stereocenters. The number of carbonyl (C=O) groups is 1. The van der Waals surface area contributed by atoms with Gasteiger partial charge in [-0.05, 0) is 66.0 Å². The number of benzene rings is 2. The van der Waals surface area contributed by atoms with Crippen LogP contribution in [0.3, 0.4) is 0 Å². The first-order chi connectivity index (χ1) is 12.5. The van der Waals surface area contributed by atoms with Gasteiger partial charge in [-0.15, -0.1) is 12.4 Å². The third-order valence-corrected chi connectivity index (χ3v) is 5.32. The van der Waals surface area contributed by atoms with Gasteiger partial charge in [0.25, 0.3) is 5.91 Å². The van der Waals surface area contributed by atoms with Crippen LogP contribution in [0.2, 0.25) is 0 Å². The molecule has 0 radical (unpaired) electrons. The lowest BCUT2D eigenvalue weighted by molar-refractivity contribution is 0.0950. The van der Waals surface area contributed by atoms with Gasteiger partial charge >= 0.3 is 0 Å². The molecule has 0 unspecified atom stereocenters. The highest BCUT2D eigenvalue weighted by atomic mass is 127. The van der Waals surface area contributed by atoms with Gasteiger partial charge in [0.1, 0.15) is 0 Å². The van der Waals surface area contributed by atoms with Gasteiger partial charge in [-0.1, -0.05) is 19.9 Å². The van der Waals surface area contributed by atoms with E-state index in [4.69, 9.17) is 0 Å². The molecular weight excluding hydrogens is 477 g/mol. The molecule has 0 spiro atoms. The number of carbonyl (C=O) groups excluding carboxylic acids is 1. The molecule has 0 saturated heterocycles. The minimum Gasteiger partial charge on any atom is -0.354 e. The van der Waals surface area contributed by atoms with Crippen molar-refractivity contribution >= 4 is 62.7 Å². The van der Waals surface area contributed by atoms with Crippen LogP contribution in [0.15, 0.2) is 41.2 Å². The lowest BCUT2D eigenvalue weighted by Gasteiger charge is -2.18. The second-order valence-corrected chi connectivity index (χ2v) is 7.40. The molecule has 0 aliphatic carbocycles. The van der Waals surface area contributed by atoms with Gasteiger partial charge in [-0.3, -0.25) is 9.59 Å². The lowest BCUT2D eigenvalue weighted by Crippen LogP contribution is -2.35. The van der Waals surface area contributed by atoms with Crippen molar-refractivity contribution in [3.63, 3.8) is 0 Å². The number of para-hydroxylation sites is 1. The Morgan fingerprint density at radius 3 is 2.59 bits per heavy atom. The predicted molar refractivity (Wildman–Crippen MR) is 122 cm³/mol. The average molecular weight is 500 g/mol. The van der Waals surface area contributed by atoms with Crippen molar-refractivity contribution in [2.75, 3.05) is 26.2 Å². The van der Waals surface area contributed by atoms with Crippen LogP contribution in [-0.2, 0) is 0 Å². The summed E-state index contributed by atoms with van der Waals surface area (Å²) in [5, 5.41) is 4.14. The minimum atomic E-state index is -0.164. The maximum atomic E-state index is 12.8. The van der Waals surface area contributed by atoms with Crippen molar-refractivity contribution in [1.82, 2.24) is 15.2 Å². The molecule has 144 valence electrons. The van der Waals surface area contributed by atoms with Crippen LogP contribution in [-0.4, -0.2) is 42.0 Å². The zero-order valence-corrected chi connectivity index (χ0v) is 18.3. The number of fused-ring (bicyclic) bond motifs is 2. The van der Waals surface area contributed by atoms with Crippen LogP contribution in [0.25, 0.3) is 21.8 Å². The molecule has 5 nitrogen and oxygen atoms in total. The summed E-state index contributed by atoms with van der Waals surface area (Å²) in [7, 11) is 0. The standard InChI is InChI=1S/C20H22IN3O2.ClH/c1-3-24(4-2)11-10-22-20(26)15-7-5-6-14-18(15)23-17-9-8-13(21)12-16(17)19(14)25;/h5-9,12H,3-4,10-11H2,1-2H3,(H,22,26)(H,23,25);1H. The molecule has 1 aromatic heterocycles. The van der Waals surface area contributed by atoms with Gasteiger partial charge < -0.3 is 15.2 Å². The van der Waals surface area contributed by atoms with Crippen molar-refractivity contribution < 1.29 is 4.79 Å². The highest BCUT2D eigenvalue weighted by molar-refractivity contribution is 14.1. The molecular formula is C20H23ClIN3O2. The maximum Gasteiger partial charge on any atom is 0.253 e. The van der Waals surface area contributed by atoms with Gasteiger partial charge in [-0.2, -0.15) is 0 Å². The van der Waals surface area contributed by atoms with Crippen molar-refractivity contribution in [2.45, 2.75) is 13.8 Å². The monoisotopic (exact) mass is 499 g/mol. The van der Waals surface area contributed by atoms with E-state index in [0.29, 0.717) is 28.4 Å². The summed E-state index contributed by atoms with van der Waals surface area (Å²) in [5.41, 5.74) is 1.78. The quantitative estimate of drug-likeness (QED) is 0.401. The fourth-order valence-electron chi connectivity index (χ4n) is 3.12. The third-order valence-electron chi connectivity index (χ3n) is 4.65. The number of nitrogens with zero attached hydrogens (tertiary/aromatic N) is 1. The molecule has 0 bridgehead atoms. The molecule has 3 rings (SSSR count). The van der Waals surface area contributed by atoms with Crippen molar-refractivity contribution in [1.29, 1.82) is 0 Å². The Balaban J connectivity index is 0.00000261. The van der Waals surface area contributed by atoms with Crippen LogP contribution in [0, 0.1) is 3.57 Å². The van der Waals surface area contributed by atoms with Gasteiger partial charge in [-0.25, -0.2) is 0 Å². The first kappa shape index (κ1) is 21.7. The number of amides is 1. The maximum absolute atomic E-state index is 12.8. The molecule has 1 amide bonds. The van der Waals surface area contributed by atoms with Crippen LogP contribution >= 0.6 is 35.0 Å². The Labute approximate surface area is 178 Å².